The van der Waals surface area contributed by atoms with Gasteiger partial charge >= 0.3 is 0 Å². The van der Waals surface area contributed by atoms with Crippen LogP contribution in [0.3, 0.4) is 0 Å². The smallest absolute Gasteiger partial charge is 0.223 e. The summed E-state index contributed by atoms with van der Waals surface area (Å²) >= 11 is 0. The number of aryl methyl sites for hydroxylation is 1. The summed E-state index contributed by atoms with van der Waals surface area (Å²) in [4.78, 5) is 18.7. The minimum absolute atomic E-state index is 0.116. The number of aromatic nitrogens is 3. The van der Waals surface area contributed by atoms with Gasteiger partial charge in [-0.15, -0.1) is 13.2 Å². The summed E-state index contributed by atoms with van der Waals surface area (Å²) in [6.45, 7) is 10.5. The third kappa shape index (κ3) is 4.65. The summed E-state index contributed by atoms with van der Waals surface area (Å²) in [5.41, 5.74) is 1.34. The van der Waals surface area contributed by atoms with E-state index in [1.165, 1.54) is 11.9 Å². The summed E-state index contributed by atoms with van der Waals surface area (Å²) in [6, 6.07) is 0.325. The molecule has 0 saturated heterocycles. The molecule has 1 aliphatic rings. The van der Waals surface area contributed by atoms with Crippen LogP contribution in [-0.2, 0) is 11.3 Å². The van der Waals surface area contributed by atoms with Crippen molar-refractivity contribution in [3.63, 3.8) is 0 Å². The van der Waals surface area contributed by atoms with Crippen LogP contribution >= 0.6 is 0 Å². The molecule has 0 aromatic carbocycles. The molecule has 23 heavy (non-hydrogen) atoms. The second-order valence-corrected chi connectivity index (χ2v) is 6.05. The van der Waals surface area contributed by atoms with Gasteiger partial charge in [0.15, 0.2) is 0 Å². The second-order valence-electron chi connectivity index (χ2n) is 6.05. The Kier molecular flexibility index (Phi) is 6.32. The maximum absolute atomic E-state index is 12.8. The predicted octanol–water partition coefficient (Wildman–Crippen LogP) is 3.13. The lowest BCUT2D eigenvalue weighted by Crippen LogP contribution is -2.48. The van der Waals surface area contributed by atoms with E-state index in [9.17, 15) is 4.79 Å². The number of hydrogen-bond acceptors (Lipinski definition) is 3. The summed E-state index contributed by atoms with van der Waals surface area (Å²) < 4.78 is 1.76. The maximum Gasteiger partial charge on any atom is 0.223 e. The van der Waals surface area contributed by atoms with E-state index in [-0.39, 0.29) is 18.0 Å². The highest BCUT2D eigenvalue weighted by molar-refractivity contribution is 5.77. The van der Waals surface area contributed by atoms with Crippen LogP contribution in [0.2, 0.25) is 0 Å². The standard InChI is InChI=1S/C18H26N4O/c1-4-7-16-11-15(3)12-17(8-5-2)22(16)18(23)9-6-10-21-14-19-13-20-21/h4-5,11,13-14,16-17H,1-2,6-10,12H2,3H3/t16-,17-/m1/s1. The first-order chi connectivity index (χ1) is 11.2. The largest absolute Gasteiger partial charge is 0.332 e. The van der Waals surface area contributed by atoms with Crippen molar-refractivity contribution in [1.82, 2.24) is 19.7 Å². The zero-order valence-corrected chi connectivity index (χ0v) is 13.9. The molecule has 1 aromatic rings. The van der Waals surface area contributed by atoms with E-state index in [0.717, 1.165) is 25.7 Å². The average molecular weight is 314 g/mol. The van der Waals surface area contributed by atoms with Crippen LogP contribution in [0.4, 0.5) is 0 Å². The van der Waals surface area contributed by atoms with Gasteiger partial charge in [0.2, 0.25) is 5.91 Å². The maximum atomic E-state index is 12.8. The normalized spacial score (nSPS) is 20.9. The van der Waals surface area contributed by atoms with E-state index in [0.29, 0.717) is 13.0 Å². The van der Waals surface area contributed by atoms with Gasteiger partial charge in [0.1, 0.15) is 12.7 Å². The monoisotopic (exact) mass is 314 g/mol. The van der Waals surface area contributed by atoms with Crippen molar-refractivity contribution in [2.24, 2.45) is 0 Å². The molecule has 2 atom stereocenters. The highest BCUT2D eigenvalue weighted by Crippen LogP contribution is 2.27. The van der Waals surface area contributed by atoms with Crippen molar-refractivity contribution >= 4 is 5.91 Å². The van der Waals surface area contributed by atoms with Crippen molar-refractivity contribution in [2.75, 3.05) is 0 Å². The highest BCUT2D eigenvalue weighted by atomic mass is 16.2. The molecule has 0 N–H and O–H groups in total. The molecule has 1 amide bonds. The zero-order valence-electron chi connectivity index (χ0n) is 13.9. The summed E-state index contributed by atoms with van der Waals surface area (Å²) in [5, 5.41) is 4.07. The van der Waals surface area contributed by atoms with Gasteiger partial charge in [0.05, 0.1) is 6.04 Å². The van der Waals surface area contributed by atoms with Gasteiger partial charge in [-0.1, -0.05) is 23.8 Å². The van der Waals surface area contributed by atoms with E-state index >= 15 is 0 Å². The molecular weight excluding hydrogens is 288 g/mol. The average Bonchev–Trinajstić information content (AvgIpc) is 3.00. The lowest BCUT2D eigenvalue weighted by molar-refractivity contribution is -0.135. The van der Waals surface area contributed by atoms with Crippen LogP contribution in [-0.4, -0.2) is 37.7 Å². The van der Waals surface area contributed by atoms with Crippen molar-refractivity contribution in [1.29, 1.82) is 0 Å². The van der Waals surface area contributed by atoms with Crippen LogP contribution in [0.15, 0.2) is 49.6 Å². The van der Waals surface area contributed by atoms with Gasteiger partial charge in [0, 0.05) is 19.0 Å². The van der Waals surface area contributed by atoms with Crippen molar-refractivity contribution in [3.05, 3.63) is 49.6 Å². The quantitative estimate of drug-likeness (QED) is 0.693. The Bertz CT molecular complexity index is 562. The molecule has 1 aliphatic heterocycles. The van der Waals surface area contributed by atoms with E-state index in [1.54, 1.807) is 11.0 Å². The first kappa shape index (κ1) is 17.2. The molecule has 0 spiro atoms. The molecule has 0 radical (unpaired) electrons. The summed E-state index contributed by atoms with van der Waals surface area (Å²) in [6.07, 6.45) is 13.0. The fourth-order valence-corrected chi connectivity index (χ4v) is 3.22. The molecule has 0 fully saturated rings. The van der Waals surface area contributed by atoms with Crippen molar-refractivity contribution in [2.45, 2.75) is 57.7 Å². The van der Waals surface area contributed by atoms with Gasteiger partial charge in [-0.25, -0.2) is 4.98 Å². The molecule has 0 bridgehead atoms. The first-order valence-electron chi connectivity index (χ1n) is 8.18. The number of carbonyl (C=O) groups excluding carboxylic acids is 1. The minimum atomic E-state index is 0.116. The molecular formula is C18H26N4O. The summed E-state index contributed by atoms with van der Waals surface area (Å²) in [5.74, 6) is 0.201. The molecule has 0 aliphatic carbocycles. The lowest BCUT2D eigenvalue weighted by atomic mass is 9.92. The van der Waals surface area contributed by atoms with Crippen LogP contribution in [0.5, 0.6) is 0 Å². The number of nitrogens with zero attached hydrogens (tertiary/aromatic N) is 4. The Morgan fingerprint density at radius 1 is 1.39 bits per heavy atom. The van der Waals surface area contributed by atoms with E-state index < -0.39 is 0 Å². The third-order valence-corrected chi connectivity index (χ3v) is 4.16. The zero-order chi connectivity index (χ0) is 16.7. The van der Waals surface area contributed by atoms with Crippen molar-refractivity contribution < 1.29 is 4.79 Å². The van der Waals surface area contributed by atoms with Gasteiger partial charge in [-0.2, -0.15) is 5.10 Å². The molecule has 5 nitrogen and oxygen atoms in total. The molecule has 2 heterocycles. The van der Waals surface area contributed by atoms with Crippen LogP contribution < -0.4 is 0 Å². The molecule has 1 aromatic heterocycles. The van der Waals surface area contributed by atoms with Gasteiger partial charge < -0.3 is 4.90 Å². The SMILES string of the molecule is C=CC[C@@H]1CC(C)=C[C@@H](CC=C)N1C(=O)CCCn1cncn1. The van der Waals surface area contributed by atoms with Gasteiger partial charge in [-0.3, -0.25) is 9.48 Å². The Morgan fingerprint density at radius 2 is 2.17 bits per heavy atom. The molecule has 124 valence electrons. The Balaban J connectivity index is 2.02. The fourth-order valence-electron chi connectivity index (χ4n) is 3.22. The Labute approximate surface area is 138 Å². The topological polar surface area (TPSA) is 51.0 Å². The molecule has 5 heteroatoms. The number of carbonyl (C=O) groups is 1. The van der Waals surface area contributed by atoms with Crippen LogP contribution in [0.25, 0.3) is 0 Å². The van der Waals surface area contributed by atoms with E-state index in [1.807, 2.05) is 17.1 Å². The van der Waals surface area contributed by atoms with E-state index in [2.05, 4.69) is 36.2 Å². The van der Waals surface area contributed by atoms with Crippen molar-refractivity contribution in [3.8, 4) is 0 Å². The van der Waals surface area contributed by atoms with Gasteiger partial charge in [0.25, 0.3) is 0 Å². The molecule has 0 unspecified atom stereocenters. The number of amides is 1. The third-order valence-electron chi connectivity index (χ3n) is 4.16. The predicted molar refractivity (Wildman–Crippen MR) is 91.7 cm³/mol. The summed E-state index contributed by atoms with van der Waals surface area (Å²) in [7, 11) is 0. The lowest BCUT2D eigenvalue weighted by Gasteiger charge is -2.40. The number of hydrogen-bond donors (Lipinski definition) is 0. The minimum Gasteiger partial charge on any atom is -0.332 e. The highest BCUT2D eigenvalue weighted by Gasteiger charge is 2.31. The Morgan fingerprint density at radius 3 is 2.83 bits per heavy atom. The van der Waals surface area contributed by atoms with E-state index in [4.69, 9.17) is 0 Å². The Hall–Kier alpha value is -2.17. The number of rotatable bonds is 8. The molecule has 0 saturated carbocycles. The van der Waals surface area contributed by atoms with Crippen LogP contribution in [0.1, 0.15) is 39.0 Å². The molecule has 2 rings (SSSR count). The van der Waals surface area contributed by atoms with Gasteiger partial charge in [-0.05, 0) is 32.6 Å². The van der Waals surface area contributed by atoms with Crippen LogP contribution in [0, 0.1) is 0 Å². The fraction of sp³-hybridized carbons (Fsp3) is 0.500. The first-order valence-corrected chi connectivity index (χ1v) is 8.18. The second kappa shape index (κ2) is 8.46.